The summed E-state index contributed by atoms with van der Waals surface area (Å²) in [6.45, 7) is 3.35. The number of anilines is 2. The molecule has 0 radical (unpaired) electrons. The van der Waals surface area contributed by atoms with Gasteiger partial charge in [-0.05, 0) is 44.6 Å². The van der Waals surface area contributed by atoms with Gasteiger partial charge >= 0.3 is 0 Å². The van der Waals surface area contributed by atoms with Gasteiger partial charge < -0.3 is 21.1 Å². The zero-order valence-electron chi connectivity index (χ0n) is 16.0. The summed E-state index contributed by atoms with van der Waals surface area (Å²) >= 11 is 4.23. The molecule has 2 aromatic heterocycles. The van der Waals surface area contributed by atoms with Gasteiger partial charge in [-0.2, -0.15) is 0 Å². The Bertz CT molecular complexity index is 907. The molecule has 0 saturated carbocycles. The van der Waals surface area contributed by atoms with Crippen molar-refractivity contribution in [2.75, 3.05) is 23.8 Å². The quantitative estimate of drug-likeness (QED) is 0.526. The van der Waals surface area contributed by atoms with Gasteiger partial charge in [0.15, 0.2) is 4.34 Å². The van der Waals surface area contributed by atoms with E-state index in [4.69, 9.17) is 10.5 Å². The Balaban J connectivity index is 1.34. The minimum Gasteiger partial charge on any atom is -0.376 e. The van der Waals surface area contributed by atoms with Gasteiger partial charge in [0, 0.05) is 18.0 Å². The number of ether oxygens (including phenoxy) is 1. The second-order valence-corrected chi connectivity index (χ2v) is 10.7. The van der Waals surface area contributed by atoms with Crippen molar-refractivity contribution in [3.63, 3.8) is 0 Å². The van der Waals surface area contributed by atoms with Crippen LogP contribution in [0.15, 0.2) is 4.34 Å². The largest absolute Gasteiger partial charge is 0.376 e. The van der Waals surface area contributed by atoms with E-state index in [9.17, 15) is 9.59 Å². The van der Waals surface area contributed by atoms with Crippen LogP contribution in [0.3, 0.4) is 0 Å². The van der Waals surface area contributed by atoms with Crippen LogP contribution in [0.5, 0.6) is 0 Å². The maximum Gasteiger partial charge on any atom is 0.251 e. The molecular formula is C18H23N5O3S3. The summed E-state index contributed by atoms with van der Waals surface area (Å²) in [7, 11) is 0. The third-order valence-corrected chi connectivity index (χ3v) is 8.24. The van der Waals surface area contributed by atoms with E-state index in [-0.39, 0.29) is 17.3 Å². The molecule has 0 unspecified atom stereocenters. The van der Waals surface area contributed by atoms with E-state index in [0.717, 1.165) is 54.3 Å². The molecule has 4 rings (SSSR count). The lowest BCUT2D eigenvalue weighted by Gasteiger charge is -2.10. The maximum atomic E-state index is 12.7. The molecule has 0 aromatic carbocycles. The van der Waals surface area contributed by atoms with Crippen molar-refractivity contribution in [3.05, 3.63) is 16.0 Å². The normalized spacial score (nSPS) is 19.1. The number of hydrogen-bond acceptors (Lipinski definition) is 9. The predicted octanol–water partition coefficient (Wildman–Crippen LogP) is 2.90. The van der Waals surface area contributed by atoms with Crippen molar-refractivity contribution in [1.29, 1.82) is 0 Å². The van der Waals surface area contributed by atoms with Crippen LogP contribution in [-0.4, -0.2) is 46.5 Å². The van der Waals surface area contributed by atoms with Gasteiger partial charge in [0.1, 0.15) is 5.00 Å². The van der Waals surface area contributed by atoms with Crippen LogP contribution in [0.2, 0.25) is 0 Å². The van der Waals surface area contributed by atoms with Crippen molar-refractivity contribution in [3.8, 4) is 0 Å². The number of rotatable bonds is 8. The van der Waals surface area contributed by atoms with E-state index < -0.39 is 5.91 Å². The van der Waals surface area contributed by atoms with Crippen LogP contribution in [0, 0.1) is 0 Å². The monoisotopic (exact) mass is 453 g/mol. The fourth-order valence-electron chi connectivity index (χ4n) is 3.51. The number of carbonyl (C=O) groups excluding carboxylic acids is 2. The average molecular weight is 454 g/mol. The number of nitrogens with zero attached hydrogens (tertiary/aromatic N) is 2. The number of fused-ring (bicyclic) bond motifs is 1. The molecule has 29 heavy (non-hydrogen) atoms. The highest BCUT2D eigenvalue weighted by Gasteiger charge is 2.27. The Morgan fingerprint density at radius 3 is 2.93 bits per heavy atom. The van der Waals surface area contributed by atoms with Crippen LogP contribution in [0.25, 0.3) is 0 Å². The summed E-state index contributed by atoms with van der Waals surface area (Å²) < 4.78 is 6.30. The second-order valence-electron chi connectivity index (χ2n) is 7.06. The molecule has 1 aliphatic heterocycles. The van der Waals surface area contributed by atoms with E-state index in [1.54, 1.807) is 0 Å². The van der Waals surface area contributed by atoms with Gasteiger partial charge in [0.05, 0.1) is 16.9 Å². The second kappa shape index (κ2) is 8.99. The number of hydrogen-bond donors (Lipinski definition) is 3. The zero-order valence-corrected chi connectivity index (χ0v) is 18.5. The Morgan fingerprint density at radius 1 is 1.31 bits per heavy atom. The van der Waals surface area contributed by atoms with Crippen molar-refractivity contribution < 1.29 is 14.3 Å². The number of amides is 2. The fraction of sp³-hybridized carbons (Fsp3) is 0.556. The van der Waals surface area contributed by atoms with Gasteiger partial charge in [-0.25, -0.2) is 0 Å². The number of carbonyl (C=O) groups is 2. The predicted molar refractivity (Wildman–Crippen MR) is 116 cm³/mol. The Labute approximate surface area is 181 Å². The molecule has 2 amide bonds. The highest BCUT2D eigenvalue weighted by Crippen LogP contribution is 2.39. The molecule has 3 heterocycles. The molecule has 1 aliphatic carbocycles. The Kier molecular flexibility index (Phi) is 6.38. The van der Waals surface area contributed by atoms with Crippen LogP contribution in [0.4, 0.5) is 10.1 Å². The van der Waals surface area contributed by atoms with E-state index in [1.165, 1.54) is 34.4 Å². The highest BCUT2D eigenvalue weighted by atomic mass is 32.2. The summed E-state index contributed by atoms with van der Waals surface area (Å²) in [4.78, 5) is 25.7. The molecule has 1 fully saturated rings. The number of primary amides is 1. The molecule has 0 spiro atoms. The number of nitrogens with one attached hydrogen (secondary N) is 2. The number of nitrogens with two attached hydrogens (primary N) is 1. The number of thioether (sulfide) groups is 1. The standard InChI is InChI=1S/C18H23N5O3S3/c1-9(27-18-23-22-17(29-18)20-8-10-4-3-7-26-10)15(25)21-16-13(14(19)24)11-5-2-6-12(11)28-16/h9-10H,2-8H2,1H3,(H2,19,24)(H,20,22)(H,21,25)/t9-,10-/m1/s1. The summed E-state index contributed by atoms with van der Waals surface area (Å²) in [6.07, 6.45) is 5.20. The number of thiophene rings is 1. The highest BCUT2D eigenvalue weighted by molar-refractivity contribution is 8.02. The van der Waals surface area contributed by atoms with Gasteiger partial charge in [-0.15, -0.1) is 21.5 Å². The van der Waals surface area contributed by atoms with Crippen LogP contribution < -0.4 is 16.4 Å². The first-order valence-electron chi connectivity index (χ1n) is 9.62. The summed E-state index contributed by atoms with van der Waals surface area (Å²) in [5, 5.41) is 15.3. The Morgan fingerprint density at radius 2 is 2.17 bits per heavy atom. The fourth-order valence-corrected chi connectivity index (χ4v) is 6.71. The first-order valence-corrected chi connectivity index (χ1v) is 12.1. The lowest BCUT2D eigenvalue weighted by molar-refractivity contribution is -0.115. The lowest BCUT2D eigenvalue weighted by Crippen LogP contribution is -2.24. The summed E-state index contributed by atoms with van der Waals surface area (Å²) in [5.41, 5.74) is 7.04. The van der Waals surface area contributed by atoms with Crippen molar-refractivity contribution in [2.45, 2.75) is 54.7 Å². The van der Waals surface area contributed by atoms with Gasteiger partial charge in [-0.3, -0.25) is 9.59 Å². The van der Waals surface area contributed by atoms with E-state index in [2.05, 4.69) is 20.8 Å². The van der Waals surface area contributed by atoms with Crippen LogP contribution >= 0.6 is 34.4 Å². The molecule has 2 aliphatic rings. The smallest absolute Gasteiger partial charge is 0.251 e. The third kappa shape index (κ3) is 4.73. The molecule has 11 heteroatoms. The molecule has 156 valence electrons. The molecule has 8 nitrogen and oxygen atoms in total. The van der Waals surface area contributed by atoms with E-state index >= 15 is 0 Å². The van der Waals surface area contributed by atoms with Gasteiger partial charge in [0.25, 0.3) is 5.91 Å². The minimum atomic E-state index is -0.480. The van der Waals surface area contributed by atoms with E-state index in [1.807, 2.05) is 6.92 Å². The first kappa shape index (κ1) is 20.6. The number of aryl methyl sites for hydroxylation is 1. The molecule has 0 bridgehead atoms. The Hall–Kier alpha value is -1.69. The lowest BCUT2D eigenvalue weighted by atomic mass is 10.1. The summed E-state index contributed by atoms with van der Waals surface area (Å²) in [6, 6.07) is 0. The average Bonchev–Trinajstić information content (AvgIpc) is 3.44. The molecular weight excluding hydrogens is 430 g/mol. The molecule has 2 atom stereocenters. The molecule has 2 aromatic rings. The molecule has 1 saturated heterocycles. The van der Waals surface area contributed by atoms with Gasteiger partial charge in [-0.1, -0.05) is 23.1 Å². The minimum absolute atomic E-state index is 0.179. The third-order valence-electron chi connectivity index (χ3n) is 4.96. The van der Waals surface area contributed by atoms with Crippen LogP contribution in [-0.2, 0) is 22.4 Å². The van der Waals surface area contributed by atoms with Crippen LogP contribution in [0.1, 0.15) is 47.0 Å². The van der Waals surface area contributed by atoms with Crippen molar-refractivity contribution in [1.82, 2.24) is 10.2 Å². The number of aromatic nitrogens is 2. The van der Waals surface area contributed by atoms with E-state index in [0.29, 0.717) is 21.4 Å². The zero-order chi connectivity index (χ0) is 20.4. The molecule has 4 N–H and O–H groups in total. The maximum absolute atomic E-state index is 12.7. The van der Waals surface area contributed by atoms with Crippen molar-refractivity contribution >= 4 is 56.4 Å². The van der Waals surface area contributed by atoms with Gasteiger partial charge in [0.2, 0.25) is 11.0 Å². The van der Waals surface area contributed by atoms with Crippen molar-refractivity contribution in [2.24, 2.45) is 5.73 Å². The summed E-state index contributed by atoms with van der Waals surface area (Å²) in [5.74, 6) is -0.660. The SMILES string of the molecule is C[C@@H](Sc1nnc(NC[C@H]2CCCO2)s1)C(=O)Nc1sc2c(c1C(N)=O)CCC2. The topological polar surface area (TPSA) is 119 Å². The first-order chi connectivity index (χ1) is 14.0.